The number of ether oxygens (including phenoxy) is 2. The lowest BCUT2D eigenvalue weighted by molar-refractivity contribution is -0.154. The molecule has 0 fully saturated rings. The number of allylic oxidation sites excluding steroid dienone is 2. The van der Waals surface area contributed by atoms with Gasteiger partial charge in [-0.25, -0.2) is 4.57 Å². The molecular formula is C37H74NO7P. The Morgan fingerprint density at radius 1 is 0.630 bits per heavy atom. The topological polar surface area (TPSA) is 117 Å². The lowest BCUT2D eigenvalue weighted by Crippen LogP contribution is -2.28. The van der Waals surface area contributed by atoms with Gasteiger partial charge in [-0.3, -0.25) is 13.8 Å². The number of carbonyl (C=O) groups excluding carboxylic acids is 1. The largest absolute Gasteiger partial charge is 0.472 e. The molecule has 0 aromatic carbocycles. The quantitative estimate of drug-likeness (QED) is 0.0289. The van der Waals surface area contributed by atoms with Crippen LogP contribution in [0, 0.1) is 0 Å². The van der Waals surface area contributed by atoms with Crippen LogP contribution < -0.4 is 5.73 Å². The van der Waals surface area contributed by atoms with Crippen LogP contribution in [0.1, 0.15) is 181 Å². The molecule has 0 spiro atoms. The van der Waals surface area contributed by atoms with E-state index in [1.807, 2.05) is 0 Å². The van der Waals surface area contributed by atoms with E-state index in [0.29, 0.717) is 13.0 Å². The van der Waals surface area contributed by atoms with Crippen molar-refractivity contribution in [1.29, 1.82) is 0 Å². The summed E-state index contributed by atoms with van der Waals surface area (Å²) >= 11 is 0. The van der Waals surface area contributed by atoms with Crippen molar-refractivity contribution in [2.75, 3.05) is 33.0 Å². The van der Waals surface area contributed by atoms with E-state index in [2.05, 4.69) is 26.0 Å². The monoisotopic (exact) mass is 676 g/mol. The molecule has 0 saturated heterocycles. The fraction of sp³-hybridized carbons (Fsp3) is 0.919. The molecule has 9 heteroatoms. The molecule has 0 heterocycles. The number of carbonyl (C=O) groups is 1. The number of hydrogen-bond donors (Lipinski definition) is 2. The van der Waals surface area contributed by atoms with Crippen molar-refractivity contribution in [2.45, 2.75) is 187 Å². The van der Waals surface area contributed by atoms with Gasteiger partial charge in [0, 0.05) is 19.6 Å². The minimum Gasteiger partial charge on any atom is -0.457 e. The first-order valence-corrected chi connectivity index (χ1v) is 20.7. The van der Waals surface area contributed by atoms with Crippen LogP contribution in [0.3, 0.4) is 0 Å². The molecule has 0 aliphatic carbocycles. The van der Waals surface area contributed by atoms with E-state index >= 15 is 0 Å². The lowest BCUT2D eigenvalue weighted by atomic mass is 10.0. The molecule has 46 heavy (non-hydrogen) atoms. The maximum absolute atomic E-state index is 12.5. The van der Waals surface area contributed by atoms with Crippen molar-refractivity contribution < 1.29 is 32.8 Å². The Hall–Kier alpha value is -0.760. The molecule has 0 amide bonds. The van der Waals surface area contributed by atoms with E-state index in [-0.39, 0.29) is 32.3 Å². The SMILES string of the molecule is CCCC/C=C\CCCCCCCC(=O)O[C@H](COCCCCCCCCCCCCCCCCCC)COP(=O)(O)OCCN. The summed E-state index contributed by atoms with van der Waals surface area (Å²) < 4.78 is 33.3. The van der Waals surface area contributed by atoms with Gasteiger partial charge in [-0.15, -0.1) is 0 Å². The van der Waals surface area contributed by atoms with Gasteiger partial charge in [0.05, 0.1) is 19.8 Å². The third-order valence-corrected chi connectivity index (χ3v) is 9.17. The highest BCUT2D eigenvalue weighted by molar-refractivity contribution is 7.47. The van der Waals surface area contributed by atoms with Gasteiger partial charge >= 0.3 is 13.8 Å². The first-order chi connectivity index (χ1) is 22.4. The summed E-state index contributed by atoms with van der Waals surface area (Å²) in [4.78, 5) is 22.3. The zero-order chi connectivity index (χ0) is 33.8. The van der Waals surface area contributed by atoms with Crippen molar-refractivity contribution in [2.24, 2.45) is 5.73 Å². The third-order valence-electron chi connectivity index (χ3n) is 8.18. The highest BCUT2D eigenvalue weighted by Crippen LogP contribution is 2.43. The van der Waals surface area contributed by atoms with Crippen LogP contribution in [-0.2, 0) is 27.9 Å². The highest BCUT2D eigenvalue weighted by atomic mass is 31.2. The third kappa shape index (κ3) is 34.6. The molecule has 274 valence electrons. The van der Waals surface area contributed by atoms with Crippen molar-refractivity contribution in [3.63, 3.8) is 0 Å². The molecule has 0 aromatic heterocycles. The van der Waals surface area contributed by atoms with Crippen LogP contribution in [0.4, 0.5) is 0 Å². The highest BCUT2D eigenvalue weighted by Gasteiger charge is 2.25. The second-order valence-electron chi connectivity index (χ2n) is 12.8. The number of nitrogens with two attached hydrogens (primary N) is 1. The zero-order valence-electron chi connectivity index (χ0n) is 30.1. The minimum atomic E-state index is -4.26. The molecular weight excluding hydrogens is 601 g/mol. The predicted molar refractivity (Wildman–Crippen MR) is 192 cm³/mol. The van der Waals surface area contributed by atoms with E-state index in [1.165, 1.54) is 116 Å². The van der Waals surface area contributed by atoms with Gasteiger partial charge in [0.15, 0.2) is 0 Å². The molecule has 8 nitrogen and oxygen atoms in total. The van der Waals surface area contributed by atoms with Gasteiger partial charge in [-0.05, 0) is 32.1 Å². The number of esters is 1. The molecule has 0 rings (SSSR count). The Bertz CT molecular complexity index is 722. The molecule has 3 N–H and O–H groups in total. The average Bonchev–Trinajstić information content (AvgIpc) is 3.04. The van der Waals surface area contributed by atoms with E-state index in [1.54, 1.807) is 0 Å². The summed E-state index contributed by atoms with van der Waals surface area (Å²) in [5, 5.41) is 0. The van der Waals surface area contributed by atoms with Crippen molar-refractivity contribution >= 4 is 13.8 Å². The van der Waals surface area contributed by atoms with Crippen LogP contribution in [0.15, 0.2) is 12.2 Å². The Morgan fingerprint density at radius 3 is 1.65 bits per heavy atom. The summed E-state index contributed by atoms with van der Waals surface area (Å²) in [7, 11) is -4.26. The predicted octanol–water partition coefficient (Wildman–Crippen LogP) is 10.7. The standard InChI is InChI=1S/C37H74NO7P/c1-3-5-7-9-11-13-15-16-17-18-19-21-23-25-27-29-32-42-34-36(35-44-46(40,41)43-33-31-38)45-37(39)30-28-26-24-22-20-14-12-10-8-6-4-2/h10,12,36H,3-9,11,13-35,38H2,1-2H3,(H,40,41)/b12-10-/t36-/m1/s1. The molecule has 2 atom stereocenters. The van der Waals surface area contributed by atoms with Gasteiger partial charge in [-0.1, -0.05) is 154 Å². The van der Waals surface area contributed by atoms with E-state index < -0.39 is 13.9 Å². The Balaban J connectivity index is 4.03. The van der Waals surface area contributed by atoms with Gasteiger partial charge in [0.25, 0.3) is 0 Å². The summed E-state index contributed by atoms with van der Waals surface area (Å²) in [6, 6.07) is 0. The van der Waals surface area contributed by atoms with Crippen molar-refractivity contribution in [3.8, 4) is 0 Å². The molecule has 0 aliphatic rings. The van der Waals surface area contributed by atoms with E-state index in [9.17, 15) is 14.3 Å². The molecule has 0 aliphatic heterocycles. The van der Waals surface area contributed by atoms with Gasteiger partial charge in [0.1, 0.15) is 6.10 Å². The van der Waals surface area contributed by atoms with Crippen LogP contribution >= 0.6 is 7.82 Å². The maximum Gasteiger partial charge on any atom is 0.472 e. The maximum atomic E-state index is 12.5. The summed E-state index contributed by atoms with van der Waals surface area (Å²) in [5.74, 6) is -0.339. The van der Waals surface area contributed by atoms with Gasteiger partial charge in [-0.2, -0.15) is 0 Å². The van der Waals surface area contributed by atoms with Crippen LogP contribution in [-0.4, -0.2) is 49.9 Å². The fourth-order valence-electron chi connectivity index (χ4n) is 5.33. The Kier molecular flexibility index (Phi) is 35.0. The minimum absolute atomic E-state index is 0.0941. The Labute approximate surface area is 283 Å². The molecule has 0 bridgehead atoms. The number of phosphoric ester groups is 1. The molecule has 1 unspecified atom stereocenters. The summed E-state index contributed by atoms with van der Waals surface area (Å²) in [6.07, 6.45) is 35.1. The second kappa shape index (κ2) is 35.5. The average molecular weight is 676 g/mol. The van der Waals surface area contributed by atoms with Crippen LogP contribution in [0.2, 0.25) is 0 Å². The van der Waals surface area contributed by atoms with Gasteiger partial charge in [0.2, 0.25) is 0 Å². The first-order valence-electron chi connectivity index (χ1n) is 19.2. The van der Waals surface area contributed by atoms with Gasteiger partial charge < -0.3 is 20.1 Å². The molecule has 0 aromatic rings. The number of rotatable bonds is 37. The van der Waals surface area contributed by atoms with Crippen molar-refractivity contribution in [3.05, 3.63) is 12.2 Å². The molecule has 0 saturated carbocycles. The molecule has 0 radical (unpaired) electrons. The number of hydrogen-bond acceptors (Lipinski definition) is 7. The van der Waals surface area contributed by atoms with Crippen molar-refractivity contribution in [1.82, 2.24) is 0 Å². The summed E-state index contributed by atoms with van der Waals surface area (Å²) in [5.41, 5.74) is 5.35. The number of phosphoric acid groups is 1. The smallest absolute Gasteiger partial charge is 0.457 e. The summed E-state index contributed by atoms with van der Waals surface area (Å²) in [6.45, 7) is 4.89. The number of unbranched alkanes of at least 4 members (excludes halogenated alkanes) is 22. The lowest BCUT2D eigenvalue weighted by Gasteiger charge is -2.20. The Morgan fingerprint density at radius 2 is 1.11 bits per heavy atom. The van der Waals surface area contributed by atoms with Crippen LogP contribution in [0.25, 0.3) is 0 Å². The normalized spacial score (nSPS) is 13.7. The fourth-order valence-corrected chi connectivity index (χ4v) is 6.10. The van der Waals surface area contributed by atoms with E-state index in [0.717, 1.165) is 44.9 Å². The van der Waals surface area contributed by atoms with Crippen LogP contribution in [0.5, 0.6) is 0 Å². The first kappa shape index (κ1) is 45.2. The zero-order valence-corrected chi connectivity index (χ0v) is 31.0. The second-order valence-corrected chi connectivity index (χ2v) is 14.2. The van der Waals surface area contributed by atoms with E-state index in [4.69, 9.17) is 24.3 Å².